The van der Waals surface area contributed by atoms with Crippen LogP contribution >= 0.6 is 0 Å². The van der Waals surface area contributed by atoms with E-state index in [0.717, 1.165) is 18.9 Å². The standard InChI is InChI=1S/C16H34N2O/c1-4-5-9-18-12-15(7-10-19)11-16(13-18)17-8-6-14(2)3/h14-17,19H,4-13H2,1-3H3. The van der Waals surface area contributed by atoms with Gasteiger partial charge in [-0.05, 0) is 50.6 Å². The summed E-state index contributed by atoms with van der Waals surface area (Å²) in [4.78, 5) is 2.60. The first-order valence-electron chi connectivity index (χ1n) is 8.22. The van der Waals surface area contributed by atoms with Crippen LogP contribution in [0.5, 0.6) is 0 Å². The van der Waals surface area contributed by atoms with Gasteiger partial charge in [0, 0.05) is 25.7 Å². The van der Waals surface area contributed by atoms with Crippen molar-refractivity contribution in [2.45, 2.75) is 58.9 Å². The van der Waals surface area contributed by atoms with Crippen molar-refractivity contribution in [3.63, 3.8) is 0 Å². The molecular weight excluding hydrogens is 236 g/mol. The van der Waals surface area contributed by atoms with Crippen LogP contribution in [0.3, 0.4) is 0 Å². The van der Waals surface area contributed by atoms with E-state index >= 15 is 0 Å². The third kappa shape index (κ3) is 7.28. The molecule has 2 atom stereocenters. The second-order valence-corrected chi connectivity index (χ2v) is 6.56. The van der Waals surface area contributed by atoms with E-state index in [9.17, 15) is 5.11 Å². The number of rotatable bonds is 9. The predicted molar refractivity (Wildman–Crippen MR) is 82.4 cm³/mol. The number of aliphatic hydroxyl groups is 1. The van der Waals surface area contributed by atoms with Crippen molar-refractivity contribution >= 4 is 0 Å². The van der Waals surface area contributed by atoms with E-state index in [4.69, 9.17) is 0 Å². The van der Waals surface area contributed by atoms with Crippen molar-refractivity contribution in [1.82, 2.24) is 10.2 Å². The van der Waals surface area contributed by atoms with E-state index in [2.05, 4.69) is 31.0 Å². The van der Waals surface area contributed by atoms with Gasteiger partial charge in [-0.2, -0.15) is 0 Å². The number of piperidine rings is 1. The monoisotopic (exact) mass is 270 g/mol. The van der Waals surface area contributed by atoms with Crippen molar-refractivity contribution in [3.8, 4) is 0 Å². The molecule has 0 aromatic carbocycles. The van der Waals surface area contributed by atoms with Crippen LogP contribution in [0.4, 0.5) is 0 Å². The van der Waals surface area contributed by atoms with E-state index < -0.39 is 0 Å². The molecule has 3 nitrogen and oxygen atoms in total. The lowest BCUT2D eigenvalue weighted by molar-refractivity contribution is 0.119. The van der Waals surface area contributed by atoms with Gasteiger partial charge in [0.05, 0.1) is 0 Å². The molecule has 0 saturated carbocycles. The Kier molecular flexibility index (Phi) is 8.67. The van der Waals surface area contributed by atoms with Crippen LogP contribution in [0.15, 0.2) is 0 Å². The second-order valence-electron chi connectivity index (χ2n) is 6.56. The first-order chi connectivity index (χ1) is 9.15. The predicted octanol–water partition coefficient (Wildman–Crippen LogP) is 2.50. The minimum Gasteiger partial charge on any atom is -0.396 e. The number of aliphatic hydroxyl groups excluding tert-OH is 1. The van der Waals surface area contributed by atoms with Crippen LogP contribution in [0.2, 0.25) is 0 Å². The molecular formula is C16H34N2O. The molecule has 2 unspecified atom stereocenters. The van der Waals surface area contributed by atoms with Crippen LogP contribution in [0, 0.1) is 11.8 Å². The highest BCUT2D eigenvalue weighted by atomic mass is 16.3. The van der Waals surface area contributed by atoms with Crippen molar-refractivity contribution in [1.29, 1.82) is 0 Å². The summed E-state index contributed by atoms with van der Waals surface area (Å²) in [5, 5.41) is 12.9. The Bertz CT molecular complexity index is 221. The van der Waals surface area contributed by atoms with Crippen LogP contribution in [0.1, 0.15) is 52.9 Å². The molecule has 1 aliphatic heterocycles. The average Bonchev–Trinajstić information content (AvgIpc) is 2.36. The summed E-state index contributed by atoms with van der Waals surface area (Å²) in [6, 6.07) is 0.626. The van der Waals surface area contributed by atoms with Crippen molar-refractivity contribution in [2.24, 2.45) is 11.8 Å². The van der Waals surface area contributed by atoms with Gasteiger partial charge in [0.25, 0.3) is 0 Å². The Balaban J connectivity index is 2.35. The SMILES string of the molecule is CCCCN1CC(CCO)CC(NCCC(C)C)C1. The molecule has 0 spiro atoms. The lowest BCUT2D eigenvalue weighted by Gasteiger charge is -2.38. The number of hydrogen-bond donors (Lipinski definition) is 2. The summed E-state index contributed by atoms with van der Waals surface area (Å²) in [6.45, 7) is 11.9. The van der Waals surface area contributed by atoms with Crippen LogP contribution in [-0.2, 0) is 0 Å². The highest BCUT2D eigenvalue weighted by Gasteiger charge is 2.26. The normalized spacial score (nSPS) is 25.1. The molecule has 1 saturated heterocycles. The van der Waals surface area contributed by atoms with Crippen LogP contribution in [-0.4, -0.2) is 48.8 Å². The third-order valence-corrected chi connectivity index (χ3v) is 4.13. The maximum absolute atomic E-state index is 9.18. The molecule has 19 heavy (non-hydrogen) atoms. The van der Waals surface area contributed by atoms with Gasteiger partial charge in [0.2, 0.25) is 0 Å². The Morgan fingerprint density at radius 2 is 2.11 bits per heavy atom. The highest BCUT2D eigenvalue weighted by Crippen LogP contribution is 2.20. The van der Waals surface area contributed by atoms with Crippen LogP contribution in [0.25, 0.3) is 0 Å². The molecule has 0 amide bonds. The third-order valence-electron chi connectivity index (χ3n) is 4.13. The zero-order chi connectivity index (χ0) is 14.1. The van der Waals surface area contributed by atoms with Crippen molar-refractivity contribution in [3.05, 3.63) is 0 Å². The second kappa shape index (κ2) is 9.73. The summed E-state index contributed by atoms with van der Waals surface area (Å²) >= 11 is 0. The Labute approximate surface area is 119 Å². The Hall–Kier alpha value is -0.120. The lowest BCUT2D eigenvalue weighted by atomic mass is 9.91. The van der Waals surface area contributed by atoms with Gasteiger partial charge in [0.1, 0.15) is 0 Å². The fourth-order valence-corrected chi connectivity index (χ4v) is 2.98. The molecule has 0 aromatic heterocycles. The van der Waals surface area contributed by atoms with E-state index in [1.807, 2.05) is 0 Å². The smallest absolute Gasteiger partial charge is 0.0434 e. The topological polar surface area (TPSA) is 35.5 Å². The molecule has 3 heteroatoms. The van der Waals surface area contributed by atoms with E-state index in [1.54, 1.807) is 0 Å². The van der Waals surface area contributed by atoms with Gasteiger partial charge in [0.15, 0.2) is 0 Å². The van der Waals surface area contributed by atoms with Gasteiger partial charge in [-0.3, -0.25) is 0 Å². The fraction of sp³-hybridized carbons (Fsp3) is 1.00. The molecule has 1 fully saturated rings. The zero-order valence-electron chi connectivity index (χ0n) is 13.2. The molecule has 0 radical (unpaired) electrons. The van der Waals surface area contributed by atoms with Gasteiger partial charge >= 0.3 is 0 Å². The summed E-state index contributed by atoms with van der Waals surface area (Å²) in [7, 11) is 0. The number of nitrogens with zero attached hydrogens (tertiary/aromatic N) is 1. The maximum atomic E-state index is 9.18. The minimum atomic E-state index is 0.338. The molecule has 114 valence electrons. The van der Waals surface area contributed by atoms with Gasteiger partial charge in [-0.15, -0.1) is 0 Å². The number of unbranched alkanes of at least 4 members (excludes halogenated alkanes) is 1. The lowest BCUT2D eigenvalue weighted by Crippen LogP contribution is -2.49. The molecule has 1 aliphatic rings. The summed E-state index contributed by atoms with van der Waals surface area (Å²) in [5.41, 5.74) is 0. The first-order valence-corrected chi connectivity index (χ1v) is 8.22. The summed E-state index contributed by atoms with van der Waals surface area (Å²) < 4.78 is 0. The maximum Gasteiger partial charge on any atom is 0.0434 e. The molecule has 0 aromatic rings. The fourth-order valence-electron chi connectivity index (χ4n) is 2.98. The number of likely N-dealkylation sites (tertiary alicyclic amines) is 1. The van der Waals surface area contributed by atoms with Crippen molar-refractivity contribution in [2.75, 3.05) is 32.8 Å². The highest BCUT2D eigenvalue weighted by molar-refractivity contribution is 4.83. The molecule has 0 aliphatic carbocycles. The molecule has 2 N–H and O–H groups in total. The minimum absolute atomic E-state index is 0.338. The molecule has 1 heterocycles. The largest absolute Gasteiger partial charge is 0.396 e. The molecule has 1 rings (SSSR count). The van der Waals surface area contributed by atoms with E-state index in [0.29, 0.717) is 18.6 Å². The summed E-state index contributed by atoms with van der Waals surface area (Å²) in [6.07, 6.45) is 6.03. The van der Waals surface area contributed by atoms with Crippen LogP contribution < -0.4 is 5.32 Å². The van der Waals surface area contributed by atoms with E-state index in [1.165, 1.54) is 45.3 Å². The van der Waals surface area contributed by atoms with E-state index in [-0.39, 0.29) is 0 Å². The number of hydrogen-bond acceptors (Lipinski definition) is 3. The molecule has 0 bridgehead atoms. The Morgan fingerprint density at radius 3 is 2.74 bits per heavy atom. The number of nitrogens with one attached hydrogen (secondary N) is 1. The quantitative estimate of drug-likeness (QED) is 0.676. The average molecular weight is 270 g/mol. The van der Waals surface area contributed by atoms with Gasteiger partial charge in [-0.25, -0.2) is 0 Å². The van der Waals surface area contributed by atoms with Crippen molar-refractivity contribution < 1.29 is 5.11 Å². The summed E-state index contributed by atoms with van der Waals surface area (Å²) in [5.74, 6) is 1.45. The zero-order valence-corrected chi connectivity index (χ0v) is 13.2. The van der Waals surface area contributed by atoms with Gasteiger partial charge < -0.3 is 15.3 Å². The first kappa shape index (κ1) is 16.9. The Morgan fingerprint density at radius 1 is 1.32 bits per heavy atom. The van der Waals surface area contributed by atoms with Gasteiger partial charge in [-0.1, -0.05) is 27.2 Å².